The number of amides is 1. The summed E-state index contributed by atoms with van der Waals surface area (Å²) in [4.78, 5) is 27.4. The third-order valence-corrected chi connectivity index (χ3v) is 5.54. The lowest BCUT2D eigenvalue weighted by Gasteiger charge is -2.35. The van der Waals surface area contributed by atoms with Crippen LogP contribution in [0.2, 0.25) is 5.02 Å². The van der Waals surface area contributed by atoms with E-state index in [0.29, 0.717) is 48.1 Å². The fourth-order valence-corrected chi connectivity index (χ4v) is 3.91. The summed E-state index contributed by atoms with van der Waals surface area (Å²) in [6, 6.07) is 4.65. The smallest absolute Gasteiger partial charge is 0.294 e. The van der Waals surface area contributed by atoms with Crippen LogP contribution in [0.15, 0.2) is 18.2 Å². The fraction of sp³-hybridized carbons (Fsp3) is 0.375. The van der Waals surface area contributed by atoms with Crippen molar-refractivity contribution in [2.24, 2.45) is 0 Å². The first-order chi connectivity index (χ1) is 12.4. The Balaban J connectivity index is 1.75. The number of hydrogen-bond acceptors (Lipinski definition) is 7. The van der Waals surface area contributed by atoms with Crippen molar-refractivity contribution in [2.75, 3.05) is 43.4 Å². The summed E-state index contributed by atoms with van der Waals surface area (Å²) in [7, 11) is 1.77. The van der Waals surface area contributed by atoms with Gasteiger partial charge in [-0.3, -0.25) is 14.9 Å². The molecule has 138 valence electrons. The number of aromatic nitrogens is 1. The van der Waals surface area contributed by atoms with E-state index in [-0.39, 0.29) is 11.6 Å². The van der Waals surface area contributed by atoms with Gasteiger partial charge in [-0.1, -0.05) is 11.6 Å². The van der Waals surface area contributed by atoms with E-state index in [0.717, 1.165) is 5.00 Å². The predicted octanol–water partition coefficient (Wildman–Crippen LogP) is 3.02. The Kier molecular flexibility index (Phi) is 5.28. The van der Waals surface area contributed by atoms with Crippen molar-refractivity contribution in [2.45, 2.75) is 6.92 Å². The average molecular weight is 396 g/mol. The number of carbonyl (C=O) groups excluding carboxylic acids is 1. The Morgan fingerprint density at radius 1 is 1.35 bits per heavy atom. The van der Waals surface area contributed by atoms with E-state index in [2.05, 4.69) is 9.69 Å². The van der Waals surface area contributed by atoms with Crippen LogP contribution in [-0.4, -0.2) is 53.3 Å². The lowest BCUT2D eigenvalue weighted by molar-refractivity contribution is -0.384. The normalized spacial score (nSPS) is 14.4. The minimum atomic E-state index is -0.432. The highest BCUT2D eigenvalue weighted by molar-refractivity contribution is 7.10. The Morgan fingerprint density at radius 3 is 2.65 bits per heavy atom. The van der Waals surface area contributed by atoms with Crippen LogP contribution in [0, 0.1) is 17.0 Å². The quantitative estimate of drug-likeness (QED) is 0.632. The largest absolute Gasteiger partial charge is 0.378 e. The number of nitro groups is 1. The number of benzene rings is 1. The van der Waals surface area contributed by atoms with E-state index in [1.54, 1.807) is 24.1 Å². The van der Waals surface area contributed by atoms with Crippen molar-refractivity contribution in [3.05, 3.63) is 44.6 Å². The number of rotatable bonds is 4. The van der Waals surface area contributed by atoms with Crippen LogP contribution in [0.3, 0.4) is 0 Å². The third kappa shape index (κ3) is 3.45. The standard InChI is InChI=1S/C16H18ClN5O3S/c1-10-14(15(18-2)26-19-10)16(23)21-7-5-20(6-8-21)12-4-3-11(17)9-13(12)22(24)25/h3-4,9,18H,5-8H2,1-2H3. The molecule has 10 heteroatoms. The molecule has 0 unspecified atom stereocenters. The minimum Gasteiger partial charge on any atom is -0.378 e. The zero-order valence-corrected chi connectivity index (χ0v) is 15.9. The third-order valence-electron chi connectivity index (χ3n) is 4.35. The molecule has 1 amide bonds. The lowest BCUT2D eigenvalue weighted by atomic mass is 10.1. The molecule has 0 spiro atoms. The highest BCUT2D eigenvalue weighted by atomic mass is 35.5. The molecule has 0 bridgehead atoms. The first-order valence-electron chi connectivity index (χ1n) is 8.04. The molecule has 1 aliphatic rings. The van der Waals surface area contributed by atoms with E-state index < -0.39 is 4.92 Å². The van der Waals surface area contributed by atoms with Gasteiger partial charge in [0.15, 0.2) is 0 Å². The SMILES string of the molecule is CNc1snc(C)c1C(=O)N1CCN(c2ccc(Cl)cc2[N+](=O)[O-])CC1. The molecule has 0 radical (unpaired) electrons. The Labute approximate surface area is 159 Å². The number of aryl methyl sites for hydroxylation is 1. The molecule has 1 aromatic carbocycles. The van der Waals surface area contributed by atoms with E-state index in [9.17, 15) is 14.9 Å². The molecule has 8 nitrogen and oxygen atoms in total. The predicted molar refractivity (Wildman–Crippen MR) is 103 cm³/mol. The molecule has 1 fully saturated rings. The zero-order chi connectivity index (χ0) is 18.8. The van der Waals surface area contributed by atoms with Crippen molar-refractivity contribution < 1.29 is 9.72 Å². The van der Waals surface area contributed by atoms with E-state index >= 15 is 0 Å². The van der Waals surface area contributed by atoms with Crippen LogP contribution >= 0.6 is 23.1 Å². The number of anilines is 2. The molecule has 0 saturated carbocycles. The Morgan fingerprint density at radius 2 is 2.04 bits per heavy atom. The number of hydrogen-bond donors (Lipinski definition) is 1. The maximum absolute atomic E-state index is 12.8. The summed E-state index contributed by atoms with van der Waals surface area (Å²) in [6.07, 6.45) is 0. The van der Waals surface area contributed by atoms with Gasteiger partial charge < -0.3 is 15.1 Å². The van der Waals surface area contributed by atoms with Crippen LogP contribution in [0.1, 0.15) is 16.1 Å². The first kappa shape index (κ1) is 18.4. The Bertz CT molecular complexity index is 848. The van der Waals surface area contributed by atoms with Gasteiger partial charge in [-0.2, -0.15) is 4.37 Å². The van der Waals surface area contributed by atoms with Gasteiger partial charge in [0.2, 0.25) is 0 Å². The van der Waals surface area contributed by atoms with Gasteiger partial charge in [0, 0.05) is 44.3 Å². The molecule has 1 N–H and O–H groups in total. The van der Waals surface area contributed by atoms with E-state index in [1.165, 1.54) is 17.6 Å². The van der Waals surface area contributed by atoms with Crippen molar-refractivity contribution in [1.82, 2.24) is 9.27 Å². The van der Waals surface area contributed by atoms with Gasteiger partial charge in [-0.05, 0) is 30.6 Å². The summed E-state index contributed by atoms with van der Waals surface area (Å²) in [5.74, 6) is -0.0640. The molecule has 2 heterocycles. The number of halogens is 1. The van der Waals surface area contributed by atoms with Crippen LogP contribution in [0.4, 0.5) is 16.4 Å². The van der Waals surface area contributed by atoms with Gasteiger partial charge in [-0.15, -0.1) is 0 Å². The topological polar surface area (TPSA) is 91.6 Å². The van der Waals surface area contributed by atoms with Gasteiger partial charge in [0.25, 0.3) is 11.6 Å². The fourth-order valence-electron chi connectivity index (χ4n) is 3.01. The van der Waals surface area contributed by atoms with Crippen molar-refractivity contribution in [3.8, 4) is 0 Å². The summed E-state index contributed by atoms with van der Waals surface area (Å²) in [5, 5.41) is 15.4. The molecule has 0 atom stereocenters. The van der Waals surface area contributed by atoms with Gasteiger partial charge in [0.05, 0.1) is 16.2 Å². The second-order valence-electron chi connectivity index (χ2n) is 5.89. The Hall–Kier alpha value is -2.39. The average Bonchev–Trinajstić information content (AvgIpc) is 3.01. The molecule has 2 aromatic rings. The van der Waals surface area contributed by atoms with Crippen LogP contribution in [-0.2, 0) is 0 Å². The summed E-state index contributed by atoms with van der Waals surface area (Å²) >= 11 is 7.14. The molecule has 3 rings (SSSR count). The maximum Gasteiger partial charge on any atom is 0.294 e. The number of piperazine rings is 1. The lowest BCUT2D eigenvalue weighted by Crippen LogP contribution is -2.49. The number of nitro benzene ring substituents is 1. The second kappa shape index (κ2) is 7.46. The number of nitrogens with one attached hydrogen (secondary N) is 1. The molecular weight excluding hydrogens is 378 g/mol. The highest BCUT2D eigenvalue weighted by Crippen LogP contribution is 2.32. The van der Waals surface area contributed by atoms with E-state index in [1.807, 2.05) is 11.8 Å². The van der Waals surface area contributed by atoms with Crippen molar-refractivity contribution in [3.63, 3.8) is 0 Å². The molecule has 1 aromatic heterocycles. The van der Waals surface area contributed by atoms with Crippen molar-refractivity contribution in [1.29, 1.82) is 0 Å². The second-order valence-corrected chi connectivity index (χ2v) is 7.10. The van der Waals surface area contributed by atoms with Crippen LogP contribution in [0.5, 0.6) is 0 Å². The minimum absolute atomic E-state index is 0.0207. The van der Waals surface area contributed by atoms with E-state index in [4.69, 9.17) is 11.6 Å². The molecule has 1 saturated heterocycles. The van der Waals surface area contributed by atoms with Gasteiger partial charge in [-0.25, -0.2) is 0 Å². The van der Waals surface area contributed by atoms with Crippen molar-refractivity contribution >= 4 is 45.4 Å². The maximum atomic E-state index is 12.8. The van der Waals surface area contributed by atoms with Gasteiger partial charge >= 0.3 is 0 Å². The molecular formula is C16H18ClN5O3S. The van der Waals surface area contributed by atoms with Crippen LogP contribution < -0.4 is 10.2 Å². The summed E-state index contributed by atoms with van der Waals surface area (Å²) in [5.41, 5.74) is 1.81. The van der Waals surface area contributed by atoms with Gasteiger partial charge in [0.1, 0.15) is 10.7 Å². The summed E-state index contributed by atoms with van der Waals surface area (Å²) in [6.45, 7) is 3.81. The first-order valence-corrected chi connectivity index (χ1v) is 9.19. The summed E-state index contributed by atoms with van der Waals surface area (Å²) < 4.78 is 4.24. The molecule has 26 heavy (non-hydrogen) atoms. The van der Waals surface area contributed by atoms with Crippen LogP contribution in [0.25, 0.3) is 0 Å². The molecule has 0 aliphatic carbocycles. The zero-order valence-electron chi connectivity index (χ0n) is 14.4. The molecule has 1 aliphatic heterocycles. The number of carbonyl (C=O) groups is 1. The number of nitrogens with zero attached hydrogens (tertiary/aromatic N) is 4. The highest BCUT2D eigenvalue weighted by Gasteiger charge is 2.29. The monoisotopic (exact) mass is 395 g/mol.